The van der Waals surface area contributed by atoms with Gasteiger partial charge in [-0.3, -0.25) is 0 Å². The van der Waals surface area contributed by atoms with Gasteiger partial charge in [0.15, 0.2) is 0 Å². The fraction of sp³-hybridized carbons (Fsp3) is 0.600. The third-order valence-electron chi connectivity index (χ3n) is 4.44. The van der Waals surface area contributed by atoms with Crippen molar-refractivity contribution in [2.75, 3.05) is 32.7 Å². The summed E-state index contributed by atoms with van der Waals surface area (Å²) in [6.07, 6.45) is 0. The van der Waals surface area contributed by atoms with Crippen molar-refractivity contribution in [3.8, 4) is 0 Å². The average molecular weight is 285 g/mol. The largest absolute Gasteiger partial charge is 0.316 e. The Morgan fingerprint density at radius 2 is 1.79 bits per heavy atom. The van der Waals surface area contributed by atoms with E-state index in [1.807, 2.05) is 12.1 Å². The molecule has 2 aliphatic rings. The van der Waals surface area contributed by atoms with Crippen molar-refractivity contribution in [2.24, 2.45) is 11.8 Å². The van der Waals surface area contributed by atoms with Crippen LogP contribution in [0.25, 0.3) is 0 Å². The summed E-state index contributed by atoms with van der Waals surface area (Å²) in [6, 6.07) is 6.96. The molecule has 1 N–H and O–H groups in total. The average Bonchev–Trinajstić information content (AvgIpc) is 2.90. The molecule has 1 aromatic carbocycles. The van der Waals surface area contributed by atoms with Crippen molar-refractivity contribution in [3.05, 3.63) is 35.6 Å². The Balaban J connectivity index is 0.00000133. The lowest BCUT2D eigenvalue weighted by Gasteiger charge is -2.22. The number of fused-ring (bicyclic) bond motifs is 1. The van der Waals surface area contributed by atoms with Gasteiger partial charge < -0.3 is 10.2 Å². The van der Waals surface area contributed by atoms with Crippen LogP contribution in [0.5, 0.6) is 0 Å². The molecule has 0 aromatic heterocycles. The number of nitrogens with zero attached hydrogens (tertiary/aromatic N) is 1. The predicted octanol–water partition coefficient (Wildman–Crippen LogP) is 2.50. The van der Waals surface area contributed by atoms with Crippen molar-refractivity contribution in [1.82, 2.24) is 10.2 Å². The second kappa shape index (κ2) is 6.21. The Morgan fingerprint density at radius 3 is 2.37 bits per heavy atom. The second-order valence-electron chi connectivity index (χ2n) is 5.85. The lowest BCUT2D eigenvalue weighted by Crippen LogP contribution is -2.29. The molecule has 1 aromatic rings. The quantitative estimate of drug-likeness (QED) is 0.917. The van der Waals surface area contributed by atoms with Gasteiger partial charge in [0.25, 0.3) is 0 Å². The first-order chi connectivity index (χ1) is 8.72. The monoisotopic (exact) mass is 284 g/mol. The lowest BCUT2D eigenvalue weighted by molar-refractivity contribution is 0.297. The summed E-state index contributed by atoms with van der Waals surface area (Å²) in [4.78, 5) is 2.57. The molecule has 2 fully saturated rings. The molecule has 2 saturated heterocycles. The van der Waals surface area contributed by atoms with E-state index in [0.29, 0.717) is 5.92 Å². The summed E-state index contributed by atoms with van der Waals surface area (Å²) < 4.78 is 12.9. The Hall–Kier alpha value is -0.640. The molecule has 0 spiro atoms. The van der Waals surface area contributed by atoms with Gasteiger partial charge in [-0.15, -0.1) is 12.4 Å². The Labute approximate surface area is 120 Å². The van der Waals surface area contributed by atoms with Gasteiger partial charge in [-0.05, 0) is 48.5 Å². The van der Waals surface area contributed by atoms with Crippen LogP contribution in [0.15, 0.2) is 24.3 Å². The smallest absolute Gasteiger partial charge is 0.123 e. The molecule has 0 bridgehead atoms. The lowest BCUT2D eigenvalue weighted by atomic mass is 10.0. The Kier molecular flexibility index (Phi) is 4.82. The van der Waals surface area contributed by atoms with Gasteiger partial charge in [0, 0.05) is 19.6 Å². The van der Waals surface area contributed by atoms with Crippen molar-refractivity contribution in [2.45, 2.75) is 12.8 Å². The van der Waals surface area contributed by atoms with Crippen LogP contribution in [-0.4, -0.2) is 37.6 Å². The van der Waals surface area contributed by atoms with Crippen LogP contribution in [0, 0.1) is 17.7 Å². The highest BCUT2D eigenvalue weighted by molar-refractivity contribution is 5.85. The highest BCUT2D eigenvalue weighted by atomic mass is 35.5. The van der Waals surface area contributed by atoms with E-state index in [-0.39, 0.29) is 18.2 Å². The summed E-state index contributed by atoms with van der Waals surface area (Å²) >= 11 is 0. The third kappa shape index (κ3) is 3.28. The van der Waals surface area contributed by atoms with Crippen molar-refractivity contribution in [1.29, 1.82) is 0 Å². The summed E-state index contributed by atoms with van der Waals surface area (Å²) in [6.45, 7) is 8.16. The van der Waals surface area contributed by atoms with E-state index in [4.69, 9.17) is 0 Å². The number of likely N-dealkylation sites (tertiary alicyclic amines) is 1. The first kappa shape index (κ1) is 14.8. The van der Waals surface area contributed by atoms with Gasteiger partial charge in [0.2, 0.25) is 0 Å². The molecule has 19 heavy (non-hydrogen) atoms. The zero-order valence-electron chi connectivity index (χ0n) is 11.3. The standard InChI is InChI=1S/C15H21FN2.ClH/c1-11(12-2-4-15(16)5-3-12)8-18-9-13-6-17-7-14(13)10-18;/h2-5,11,13-14,17H,6-10H2,1H3;1H/t11?,13-,14+;. The SMILES string of the molecule is CC(CN1C[C@H]2CNC[C@H]2C1)c1ccc(F)cc1.Cl. The maximum Gasteiger partial charge on any atom is 0.123 e. The van der Waals surface area contributed by atoms with Gasteiger partial charge in [-0.25, -0.2) is 4.39 Å². The molecule has 3 atom stereocenters. The minimum atomic E-state index is -0.146. The van der Waals surface area contributed by atoms with Crippen molar-refractivity contribution in [3.63, 3.8) is 0 Å². The summed E-state index contributed by atoms with van der Waals surface area (Å²) in [5, 5.41) is 3.47. The minimum absolute atomic E-state index is 0. The molecule has 3 rings (SSSR count). The molecular formula is C15H22ClFN2. The van der Waals surface area contributed by atoms with Gasteiger partial charge >= 0.3 is 0 Å². The van der Waals surface area contributed by atoms with E-state index in [0.717, 1.165) is 18.4 Å². The predicted molar refractivity (Wildman–Crippen MR) is 78.4 cm³/mol. The molecule has 1 unspecified atom stereocenters. The first-order valence-electron chi connectivity index (χ1n) is 6.91. The summed E-state index contributed by atoms with van der Waals surface area (Å²) in [7, 11) is 0. The number of benzene rings is 1. The van der Waals surface area contributed by atoms with Crippen LogP contribution in [0.2, 0.25) is 0 Å². The molecule has 0 radical (unpaired) electrons. The highest BCUT2D eigenvalue weighted by Crippen LogP contribution is 2.28. The second-order valence-corrected chi connectivity index (χ2v) is 5.85. The zero-order chi connectivity index (χ0) is 12.5. The minimum Gasteiger partial charge on any atom is -0.316 e. The molecule has 2 nitrogen and oxygen atoms in total. The van der Waals surface area contributed by atoms with E-state index in [1.54, 1.807) is 12.1 Å². The number of hydrogen-bond acceptors (Lipinski definition) is 2. The topological polar surface area (TPSA) is 15.3 Å². The molecule has 0 amide bonds. The van der Waals surface area contributed by atoms with E-state index in [2.05, 4.69) is 17.1 Å². The first-order valence-corrected chi connectivity index (χ1v) is 6.91. The molecule has 2 aliphatic heterocycles. The van der Waals surface area contributed by atoms with Gasteiger partial charge in [-0.1, -0.05) is 19.1 Å². The fourth-order valence-electron chi connectivity index (χ4n) is 3.39. The van der Waals surface area contributed by atoms with E-state index < -0.39 is 0 Å². The van der Waals surface area contributed by atoms with Crippen LogP contribution in [-0.2, 0) is 0 Å². The van der Waals surface area contributed by atoms with Crippen LogP contribution >= 0.6 is 12.4 Å². The maximum absolute atomic E-state index is 12.9. The van der Waals surface area contributed by atoms with Crippen LogP contribution in [0.3, 0.4) is 0 Å². The molecule has 4 heteroatoms. The molecule has 0 saturated carbocycles. The zero-order valence-corrected chi connectivity index (χ0v) is 12.1. The molecular weight excluding hydrogens is 263 g/mol. The normalized spacial score (nSPS) is 27.9. The molecule has 106 valence electrons. The van der Waals surface area contributed by atoms with Gasteiger partial charge in [0.05, 0.1) is 0 Å². The van der Waals surface area contributed by atoms with Crippen molar-refractivity contribution < 1.29 is 4.39 Å². The Bertz CT molecular complexity index is 397. The number of rotatable bonds is 3. The van der Waals surface area contributed by atoms with E-state index in [1.165, 1.54) is 31.7 Å². The molecule has 2 heterocycles. The number of hydrogen-bond donors (Lipinski definition) is 1. The van der Waals surface area contributed by atoms with Crippen LogP contribution in [0.4, 0.5) is 4.39 Å². The van der Waals surface area contributed by atoms with Gasteiger partial charge in [-0.2, -0.15) is 0 Å². The Morgan fingerprint density at radius 1 is 1.21 bits per heavy atom. The fourth-order valence-corrected chi connectivity index (χ4v) is 3.39. The van der Waals surface area contributed by atoms with E-state index >= 15 is 0 Å². The maximum atomic E-state index is 12.9. The summed E-state index contributed by atoms with van der Waals surface area (Å²) in [5.74, 6) is 2.04. The highest BCUT2D eigenvalue weighted by Gasteiger charge is 2.36. The van der Waals surface area contributed by atoms with Crippen LogP contribution in [0.1, 0.15) is 18.4 Å². The number of nitrogens with one attached hydrogen (secondary N) is 1. The molecule has 0 aliphatic carbocycles. The van der Waals surface area contributed by atoms with E-state index in [9.17, 15) is 4.39 Å². The van der Waals surface area contributed by atoms with Crippen molar-refractivity contribution >= 4 is 12.4 Å². The summed E-state index contributed by atoms with van der Waals surface area (Å²) in [5.41, 5.74) is 1.24. The number of halogens is 2. The van der Waals surface area contributed by atoms with Gasteiger partial charge in [0.1, 0.15) is 5.82 Å². The van der Waals surface area contributed by atoms with Crippen LogP contribution < -0.4 is 5.32 Å². The third-order valence-corrected chi connectivity index (χ3v) is 4.44.